The van der Waals surface area contributed by atoms with E-state index in [9.17, 15) is 4.79 Å². The van der Waals surface area contributed by atoms with Crippen molar-refractivity contribution in [2.75, 3.05) is 6.61 Å². The van der Waals surface area contributed by atoms with Gasteiger partial charge < -0.3 is 14.4 Å². The van der Waals surface area contributed by atoms with Gasteiger partial charge in [-0.25, -0.2) is 0 Å². The minimum Gasteiger partial charge on any atom is -0.492 e. The van der Waals surface area contributed by atoms with Crippen molar-refractivity contribution in [1.82, 2.24) is 4.57 Å². The third-order valence-corrected chi connectivity index (χ3v) is 4.79. The van der Waals surface area contributed by atoms with Crippen molar-refractivity contribution in [2.24, 2.45) is 0 Å². The average Bonchev–Trinajstić information content (AvgIpc) is 3.03. The molecular formula is C24H27NO3. The molecule has 0 radical (unpaired) electrons. The highest BCUT2D eigenvalue weighted by molar-refractivity contribution is 5.67. The lowest BCUT2D eigenvalue weighted by atomic mass is 10.1. The van der Waals surface area contributed by atoms with Crippen LogP contribution in [0.1, 0.15) is 28.8 Å². The Morgan fingerprint density at radius 1 is 0.929 bits per heavy atom. The summed E-state index contributed by atoms with van der Waals surface area (Å²) in [6.07, 6.45) is 0.625. The second-order valence-corrected chi connectivity index (χ2v) is 7.29. The van der Waals surface area contributed by atoms with E-state index >= 15 is 0 Å². The van der Waals surface area contributed by atoms with Gasteiger partial charge in [0.25, 0.3) is 0 Å². The number of hydrogen-bond donors (Lipinski definition) is 1. The fraction of sp³-hybridized carbons (Fsp3) is 0.292. The molecule has 0 saturated heterocycles. The number of aromatic nitrogens is 1. The number of hydrogen-bond acceptors (Lipinski definition) is 2. The van der Waals surface area contributed by atoms with Crippen LogP contribution in [0.25, 0.3) is 11.3 Å². The molecule has 3 aromatic rings. The summed E-state index contributed by atoms with van der Waals surface area (Å²) in [5.74, 6) is 0.0877. The van der Waals surface area contributed by atoms with Crippen LogP contribution < -0.4 is 4.74 Å². The number of carboxylic acids is 1. The van der Waals surface area contributed by atoms with Crippen LogP contribution in [0.2, 0.25) is 0 Å². The molecule has 4 nitrogen and oxygen atoms in total. The molecule has 0 aliphatic heterocycles. The number of ether oxygens (including phenoxy) is 1. The second-order valence-electron chi connectivity index (χ2n) is 7.29. The molecule has 1 N–H and O–H groups in total. The molecule has 0 aliphatic rings. The smallest absolute Gasteiger partial charge is 0.303 e. The summed E-state index contributed by atoms with van der Waals surface area (Å²) in [4.78, 5) is 11.0. The van der Waals surface area contributed by atoms with Crippen LogP contribution in [0.4, 0.5) is 0 Å². The van der Waals surface area contributed by atoms with Gasteiger partial charge in [0.15, 0.2) is 0 Å². The maximum atomic E-state index is 11.0. The Morgan fingerprint density at radius 2 is 1.61 bits per heavy atom. The largest absolute Gasteiger partial charge is 0.492 e. The molecule has 0 spiro atoms. The summed E-state index contributed by atoms with van der Waals surface area (Å²) in [5.41, 5.74) is 6.80. The molecule has 4 heteroatoms. The Labute approximate surface area is 166 Å². The van der Waals surface area contributed by atoms with Crippen LogP contribution in [-0.4, -0.2) is 22.2 Å². The van der Waals surface area contributed by atoms with E-state index in [-0.39, 0.29) is 6.42 Å². The first-order valence-corrected chi connectivity index (χ1v) is 9.61. The molecule has 146 valence electrons. The third-order valence-electron chi connectivity index (χ3n) is 4.79. The first kappa shape index (κ1) is 19.7. The minimum absolute atomic E-state index is 0.120. The fourth-order valence-electron chi connectivity index (χ4n) is 3.47. The molecule has 0 aliphatic carbocycles. The zero-order valence-electron chi connectivity index (χ0n) is 16.7. The quantitative estimate of drug-likeness (QED) is 0.589. The molecule has 0 unspecified atom stereocenters. The molecule has 2 aromatic carbocycles. The van der Waals surface area contributed by atoms with E-state index in [4.69, 9.17) is 9.84 Å². The van der Waals surface area contributed by atoms with E-state index in [1.54, 1.807) is 0 Å². The number of benzene rings is 2. The number of aliphatic carboxylic acids is 1. The highest BCUT2D eigenvalue weighted by Gasteiger charge is 2.12. The van der Waals surface area contributed by atoms with Crippen molar-refractivity contribution in [2.45, 2.75) is 40.2 Å². The number of carbonyl (C=O) groups is 1. The van der Waals surface area contributed by atoms with Crippen LogP contribution in [0.15, 0.2) is 54.6 Å². The molecule has 0 saturated carbocycles. The van der Waals surface area contributed by atoms with E-state index in [0.29, 0.717) is 19.6 Å². The van der Waals surface area contributed by atoms with Crippen molar-refractivity contribution in [3.05, 3.63) is 77.0 Å². The van der Waals surface area contributed by atoms with Gasteiger partial charge in [0.05, 0.1) is 13.0 Å². The SMILES string of the molecule is Cc1ccc(-c2ccc(CCC(=O)O)n2CCOc2cc(C)cc(C)c2)cc1. The summed E-state index contributed by atoms with van der Waals surface area (Å²) in [5, 5.41) is 9.06. The maximum Gasteiger partial charge on any atom is 0.303 e. The van der Waals surface area contributed by atoms with Gasteiger partial charge in [0, 0.05) is 11.4 Å². The van der Waals surface area contributed by atoms with Crippen molar-refractivity contribution >= 4 is 5.97 Å². The van der Waals surface area contributed by atoms with Gasteiger partial charge in [0.1, 0.15) is 12.4 Å². The molecule has 0 amide bonds. The van der Waals surface area contributed by atoms with Crippen LogP contribution in [-0.2, 0) is 17.8 Å². The number of nitrogens with zero attached hydrogens (tertiary/aromatic N) is 1. The molecule has 0 bridgehead atoms. The highest BCUT2D eigenvalue weighted by Crippen LogP contribution is 2.24. The molecule has 1 aromatic heterocycles. The van der Waals surface area contributed by atoms with Crippen molar-refractivity contribution in [3.8, 4) is 17.0 Å². The predicted octanol–water partition coefficient (Wildman–Crippen LogP) is 5.18. The number of carboxylic acid groups (broad SMARTS) is 1. The fourth-order valence-corrected chi connectivity index (χ4v) is 3.47. The molecule has 3 rings (SSSR count). The van der Waals surface area contributed by atoms with Gasteiger partial charge in [-0.1, -0.05) is 35.9 Å². The minimum atomic E-state index is -0.781. The lowest BCUT2D eigenvalue weighted by Gasteiger charge is -2.15. The number of rotatable bonds is 8. The van der Waals surface area contributed by atoms with E-state index in [2.05, 4.69) is 61.7 Å². The van der Waals surface area contributed by atoms with Gasteiger partial charge >= 0.3 is 5.97 Å². The molecule has 0 atom stereocenters. The average molecular weight is 377 g/mol. The first-order valence-electron chi connectivity index (χ1n) is 9.61. The highest BCUT2D eigenvalue weighted by atomic mass is 16.5. The summed E-state index contributed by atoms with van der Waals surface area (Å²) < 4.78 is 8.17. The summed E-state index contributed by atoms with van der Waals surface area (Å²) in [6, 6.07) is 18.7. The maximum absolute atomic E-state index is 11.0. The van der Waals surface area contributed by atoms with E-state index in [1.165, 1.54) is 16.7 Å². The zero-order chi connectivity index (χ0) is 20.1. The van der Waals surface area contributed by atoms with E-state index in [0.717, 1.165) is 22.7 Å². The van der Waals surface area contributed by atoms with Gasteiger partial charge in [-0.3, -0.25) is 4.79 Å². The Balaban J connectivity index is 1.80. The lowest BCUT2D eigenvalue weighted by Crippen LogP contribution is -2.13. The van der Waals surface area contributed by atoms with Gasteiger partial charge in [-0.15, -0.1) is 0 Å². The van der Waals surface area contributed by atoms with Crippen LogP contribution in [0.3, 0.4) is 0 Å². The Morgan fingerprint density at radius 3 is 2.25 bits per heavy atom. The topological polar surface area (TPSA) is 51.5 Å². The van der Waals surface area contributed by atoms with Gasteiger partial charge in [-0.2, -0.15) is 0 Å². The standard InChI is InChI=1S/C24H27NO3/c1-17-4-6-20(7-5-17)23-10-8-21(9-11-24(26)27)25(23)12-13-28-22-15-18(2)14-19(3)16-22/h4-8,10,14-16H,9,11-13H2,1-3H3,(H,26,27). The Bertz CT molecular complexity index is 934. The molecule has 1 heterocycles. The van der Waals surface area contributed by atoms with E-state index < -0.39 is 5.97 Å². The van der Waals surface area contributed by atoms with Crippen LogP contribution in [0.5, 0.6) is 5.75 Å². The number of aryl methyl sites for hydroxylation is 4. The van der Waals surface area contributed by atoms with Crippen LogP contribution in [0, 0.1) is 20.8 Å². The summed E-state index contributed by atoms with van der Waals surface area (Å²) in [6.45, 7) is 7.38. The first-order chi connectivity index (χ1) is 13.4. The molecule has 0 fully saturated rings. The van der Waals surface area contributed by atoms with E-state index in [1.807, 2.05) is 18.2 Å². The zero-order valence-corrected chi connectivity index (χ0v) is 16.7. The summed E-state index contributed by atoms with van der Waals surface area (Å²) >= 11 is 0. The lowest BCUT2D eigenvalue weighted by molar-refractivity contribution is -0.136. The molecule has 28 heavy (non-hydrogen) atoms. The monoisotopic (exact) mass is 377 g/mol. The van der Waals surface area contributed by atoms with Crippen molar-refractivity contribution in [3.63, 3.8) is 0 Å². The van der Waals surface area contributed by atoms with Crippen molar-refractivity contribution < 1.29 is 14.6 Å². The predicted molar refractivity (Wildman–Crippen MR) is 112 cm³/mol. The normalized spacial score (nSPS) is 10.8. The van der Waals surface area contributed by atoms with Crippen LogP contribution >= 0.6 is 0 Å². The van der Waals surface area contributed by atoms with Gasteiger partial charge in [0.2, 0.25) is 0 Å². The second kappa shape index (κ2) is 8.79. The Kier molecular flexibility index (Phi) is 6.19. The summed E-state index contributed by atoms with van der Waals surface area (Å²) in [7, 11) is 0. The third kappa shape index (κ3) is 5.03. The van der Waals surface area contributed by atoms with Crippen molar-refractivity contribution in [1.29, 1.82) is 0 Å². The Hall–Kier alpha value is -3.01. The molecular weight excluding hydrogens is 350 g/mol. The van der Waals surface area contributed by atoms with Gasteiger partial charge in [-0.05, 0) is 68.1 Å².